The van der Waals surface area contributed by atoms with Gasteiger partial charge in [-0.15, -0.1) is 0 Å². The average molecular weight is 306 g/mol. The van der Waals surface area contributed by atoms with Gasteiger partial charge in [0.1, 0.15) is 5.75 Å². The molecule has 116 valence electrons. The Balaban J connectivity index is 1.82. The number of benzene rings is 2. The van der Waals surface area contributed by atoms with E-state index in [-0.39, 0.29) is 5.91 Å². The highest BCUT2D eigenvalue weighted by Crippen LogP contribution is 2.24. The van der Waals surface area contributed by atoms with Crippen LogP contribution in [0, 0.1) is 6.92 Å². The van der Waals surface area contributed by atoms with Gasteiger partial charge in [0.15, 0.2) is 0 Å². The second-order valence-electron chi connectivity index (χ2n) is 5.41. The molecule has 4 nitrogen and oxygen atoms in total. The zero-order valence-corrected chi connectivity index (χ0v) is 13.2. The Morgan fingerprint density at radius 3 is 2.87 bits per heavy atom. The lowest BCUT2D eigenvalue weighted by molar-refractivity contribution is -0.115. The molecule has 1 amide bonds. The summed E-state index contributed by atoms with van der Waals surface area (Å²) in [5, 5.41) is 3.93. The molecular formula is C19H18N2O2. The third kappa shape index (κ3) is 3.31. The van der Waals surface area contributed by atoms with Crippen LogP contribution >= 0.6 is 0 Å². The van der Waals surface area contributed by atoms with Crippen molar-refractivity contribution in [2.75, 3.05) is 12.4 Å². The largest absolute Gasteiger partial charge is 0.497 e. The molecule has 0 unspecified atom stereocenters. The number of ether oxygens (including phenoxy) is 1. The van der Waals surface area contributed by atoms with E-state index in [0.29, 0.717) is 6.42 Å². The fourth-order valence-corrected chi connectivity index (χ4v) is 2.59. The first kappa shape index (κ1) is 15.0. The van der Waals surface area contributed by atoms with Crippen molar-refractivity contribution in [3.05, 3.63) is 65.9 Å². The van der Waals surface area contributed by atoms with Gasteiger partial charge in [-0.2, -0.15) is 0 Å². The first-order chi connectivity index (χ1) is 11.2. The molecule has 0 atom stereocenters. The van der Waals surface area contributed by atoms with E-state index in [4.69, 9.17) is 4.74 Å². The van der Waals surface area contributed by atoms with Crippen LogP contribution in [0.5, 0.6) is 5.75 Å². The first-order valence-corrected chi connectivity index (χ1v) is 7.44. The van der Waals surface area contributed by atoms with Gasteiger partial charge in [0.05, 0.1) is 24.7 Å². The Morgan fingerprint density at radius 1 is 1.17 bits per heavy atom. The van der Waals surface area contributed by atoms with Gasteiger partial charge in [-0.1, -0.05) is 18.2 Å². The third-order valence-corrected chi connectivity index (χ3v) is 3.74. The van der Waals surface area contributed by atoms with Crippen LogP contribution in [0.15, 0.2) is 54.7 Å². The van der Waals surface area contributed by atoms with Gasteiger partial charge in [-0.05, 0) is 48.4 Å². The molecule has 1 aromatic heterocycles. The summed E-state index contributed by atoms with van der Waals surface area (Å²) in [7, 11) is 1.62. The lowest BCUT2D eigenvalue weighted by Gasteiger charge is -2.10. The van der Waals surface area contributed by atoms with Gasteiger partial charge in [0, 0.05) is 11.6 Å². The molecular weight excluding hydrogens is 288 g/mol. The number of aromatic nitrogens is 1. The van der Waals surface area contributed by atoms with Crippen molar-refractivity contribution < 1.29 is 9.53 Å². The van der Waals surface area contributed by atoms with Crippen LogP contribution in [0.1, 0.15) is 11.1 Å². The topological polar surface area (TPSA) is 51.2 Å². The summed E-state index contributed by atoms with van der Waals surface area (Å²) in [6.45, 7) is 2.01. The minimum absolute atomic E-state index is 0.0627. The summed E-state index contributed by atoms with van der Waals surface area (Å²) < 4.78 is 5.19. The number of carbonyl (C=O) groups excluding carboxylic acids is 1. The number of carbonyl (C=O) groups is 1. The van der Waals surface area contributed by atoms with Crippen LogP contribution in [0.3, 0.4) is 0 Å². The number of nitrogens with one attached hydrogen (secondary N) is 1. The zero-order chi connectivity index (χ0) is 16.2. The van der Waals surface area contributed by atoms with Gasteiger partial charge in [-0.3, -0.25) is 9.78 Å². The minimum atomic E-state index is -0.0627. The van der Waals surface area contributed by atoms with Crippen molar-refractivity contribution in [2.24, 2.45) is 0 Å². The van der Waals surface area contributed by atoms with Gasteiger partial charge >= 0.3 is 0 Å². The van der Waals surface area contributed by atoms with E-state index in [1.807, 2.05) is 55.5 Å². The summed E-state index contributed by atoms with van der Waals surface area (Å²) >= 11 is 0. The maximum Gasteiger partial charge on any atom is 0.228 e. The highest BCUT2D eigenvalue weighted by molar-refractivity contribution is 6.02. The molecule has 3 aromatic rings. The van der Waals surface area contributed by atoms with Crippen LogP contribution in [-0.4, -0.2) is 18.0 Å². The lowest BCUT2D eigenvalue weighted by Crippen LogP contribution is -2.14. The summed E-state index contributed by atoms with van der Waals surface area (Å²) in [5.41, 5.74) is 3.70. The zero-order valence-electron chi connectivity index (χ0n) is 13.2. The molecule has 23 heavy (non-hydrogen) atoms. The molecule has 0 spiro atoms. The molecule has 0 bridgehead atoms. The van der Waals surface area contributed by atoms with E-state index in [0.717, 1.165) is 33.5 Å². The van der Waals surface area contributed by atoms with Crippen molar-refractivity contribution in [1.29, 1.82) is 0 Å². The summed E-state index contributed by atoms with van der Waals surface area (Å²) in [5.74, 6) is 0.688. The van der Waals surface area contributed by atoms with E-state index in [9.17, 15) is 4.79 Å². The number of amides is 1. The van der Waals surface area contributed by atoms with E-state index < -0.39 is 0 Å². The Morgan fingerprint density at radius 2 is 2.04 bits per heavy atom. The highest BCUT2D eigenvalue weighted by atomic mass is 16.5. The van der Waals surface area contributed by atoms with E-state index in [2.05, 4.69) is 10.3 Å². The lowest BCUT2D eigenvalue weighted by atomic mass is 10.1. The van der Waals surface area contributed by atoms with Crippen LogP contribution in [0.25, 0.3) is 10.9 Å². The number of aryl methyl sites for hydroxylation is 1. The second kappa shape index (κ2) is 6.48. The molecule has 0 saturated carbocycles. The number of pyridine rings is 1. The first-order valence-electron chi connectivity index (χ1n) is 7.44. The SMILES string of the molecule is COc1cccc(CC(=O)Nc2ccc(C)c3ncccc23)c1. The number of nitrogens with zero attached hydrogens (tertiary/aromatic N) is 1. The fourth-order valence-electron chi connectivity index (χ4n) is 2.59. The van der Waals surface area contributed by atoms with Crippen molar-refractivity contribution in [3.63, 3.8) is 0 Å². The number of hydrogen-bond donors (Lipinski definition) is 1. The van der Waals surface area contributed by atoms with Crippen molar-refractivity contribution in [2.45, 2.75) is 13.3 Å². The fraction of sp³-hybridized carbons (Fsp3) is 0.158. The smallest absolute Gasteiger partial charge is 0.228 e. The quantitative estimate of drug-likeness (QED) is 0.799. The molecule has 4 heteroatoms. The Kier molecular flexibility index (Phi) is 4.24. The predicted molar refractivity (Wildman–Crippen MR) is 91.8 cm³/mol. The molecule has 0 aliphatic rings. The minimum Gasteiger partial charge on any atom is -0.497 e. The number of hydrogen-bond acceptors (Lipinski definition) is 3. The van der Waals surface area contributed by atoms with Gasteiger partial charge in [0.2, 0.25) is 5.91 Å². The van der Waals surface area contributed by atoms with Gasteiger partial charge in [0.25, 0.3) is 0 Å². The van der Waals surface area contributed by atoms with E-state index in [1.165, 1.54) is 0 Å². The van der Waals surface area contributed by atoms with Crippen LogP contribution < -0.4 is 10.1 Å². The van der Waals surface area contributed by atoms with E-state index in [1.54, 1.807) is 13.3 Å². The highest BCUT2D eigenvalue weighted by Gasteiger charge is 2.09. The Hall–Kier alpha value is -2.88. The maximum absolute atomic E-state index is 12.3. The van der Waals surface area contributed by atoms with Crippen LogP contribution in [0.4, 0.5) is 5.69 Å². The predicted octanol–water partition coefficient (Wildman–Crippen LogP) is 3.73. The van der Waals surface area contributed by atoms with Crippen molar-refractivity contribution >= 4 is 22.5 Å². The molecule has 0 aliphatic heterocycles. The summed E-state index contributed by atoms with van der Waals surface area (Å²) in [6, 6.07) is 15.3. The average Bonchev–Trinajstić information content (AvgIpc) is 2.58. The summed E-state index contributed by atoms with van der Waals surface area (Å²) in [6.07, 6.45) is 2.06. The Labute approximate surface area is 135 Å². The molecule has 1 heterocycles. The molecule has 0 radical (unpaired) electrons. The number of fused-ring (bicyclic) bond motifs is 1. The van der Waals surface area contributed by atoms with Gasteiger partial charge in [-0.25, -0.2) is 0 Å². The van der Waals surface area contributed by atoms with Crippen molar-refractivity contribution in [1.82, 2.24) is 4.98 Å². The Bertz CT molecular complexity index is 859. The molecule has 1 N–H and O–H groups in total. The molecule has 3 rings (SSSR count). The van der Waals surface area contributed by atoms with Crippen molar-refractivity contribution in [3.8, 4) is 5.75 Å². The molecule has 0 fully saturated rings. The number of anilines is 1. The summed E-state index contributed by atoms with van der Waals surface area (Å²) in [4.78, 5) is 16.7. The van der Waals surface area contributed by atoms with Crippen LogP contribution in [0.2, 0.25) is 0 Å². The number of methoxy groups -OCH3 is 1. The molecule has 0 aliphatic carbocycles. The van der Waals surface area contributed by atoms with Gasteiger partial charge < -0.3 is 10.1 Å². The standard InChI is InChI=1S/C19H18N2O2/c1-13-8-9-17(16-7-4-10-20-19(13)16)21-18(22)12-14-5-3-6-15(11-14)23-2/h3-11H,12H2,1-2H3,(H,21,22). The monoisotopic (exact) mass is 306 g/mol. The number of rotatable bonds is 4. The maximum atomic E-state index is 12.3. The molecule has 0 saturated heterocycles. The third-order valence-electron chi connectivity index (χ3n) is 3.74. The molecule has 2 aromatic carbocycles. The normalized spacial score (nSPS) is 10.5. The van der Waals surface area contributed by atoms with E-state index >= 15 is 0 Å². The van der Waals surface area contributed by atoms with Crippen LogP contribution in [-0.2, 0) is 11.2 Å². The second-order valence-corrected chi connectivity index (χ2v) is 5.41.